The lowest BCUT2D eigenvalue weighted by atomic mass is 10.7. The van der Waals surface area contributed by atoms with Crippen LogP contribution in [0.15, 0.2) is 38.8 Å². The van der Waals surface area contributed by atoms with E-state index in [4.69, 9.17) is 11.6 Å². The smallest absolute Gasteiger partial charge is 0.0928 e. The number of thiophene rings is 2. The van der Waals surface area contributed by atoms with Crippen molar-refractivity contribution in [1.82, 2.24) is 0 Å². The van der Waals surface area contributed by atoms with E-state index < -0.39 is 0 Å². The van der Waals surface area contributed by atoms with Crippen LogP contribution in [0.3, 0.4) is 0 Å². The molecule has 0 aliphatic heterocycles. The van der Waals surface area contributed by atoms with Crippen molar-refractivity contribution in [3.63, 3.8) is 0 Å². The number of halogens is 2. The molecule has 0 N–H and O–H groups in total. The van der Waals surface area contributed by atoms with Crippen LogP contribution in [0.4, 0.5) is 0 Å². The van der Waals surface area contributed by atoms with Crippen LogP contribution in [0.25, 0.3) is 0 Å². The molecular weight excluding hydrogens is 276 g/mol. The van der Waals surface area contributed by atoms with E-state index >= 15 is 0 Å². The fourth-order valence-corrected chi connectivity index (χ4v) is 2.11. The van der Waals surface area contributed by atoms with E-state index in [1.807, 2.05) is 35.0 Å². The molecule has 0 amide bonds. The SMILES string of the molecule is Brc1cccs1.Clc1cccs1. The first-order valence-corrected chi connectivity index (χ1v) is 6.10. The Morgan fingerprint density at radius 1 is 1.08 bits per heavy atom. The van der Waals surface area contributed by atoms with Crippen molar-refractivity contribution in [2.45, 2.75) is 0 Å². The highest BCUT2D eigenvalue weighted by molar-refractivity contribution is 9.11. The van der Waals surface area contributed by atoms with Crippen LogP contribution in [-0.4, -0.2) is 0 Å². The molecule has 0 saturated carbocycles. The van der Waals surface area contributed by atoms with Crippen molar-refractivity contribution in [2.24, 2.45) is 0 Å². The standard InChI is InChI=1S/C4H3BrS.C4H3ClS/c2*5-4-2-1-3-6-4/h2*1-3H. The van der Waals surface area contributed by atoms with Crippen molar-refractivity contribution in [1.29, 1.82) is 0 Å². The summed E-state index contributed by atoms with van der Waals surface area (Å²) in [5, 5.41) is 3.98. The molecule has 0 unspecified atom stereocenters. The predicted molar refractivity (Wildman–Crippen MR) is 61.3 cm³/mol. The second-order valence-corrected chi connectivity index (χ2v) is 5.74. The molecule has 12 heavy (non-hydrogen) atoms. The molecule has 2 aromatic heterocycles. The third-order valence-electron chi connectivity index (χ3n) is 0.973. The third-order valence-corrected chi connectivity index (χ3v) is 3.50. The van der Waals surface area contributed by atoms with E-state index in [1.54, 1.807) is 22.7 Å². The molecule has 2 rings (SSSR count). The molecule has 0 fully saturated rings. The van der Waals surface area contributed by atoms with Gasteiger partial charge in [-0.1, -0.05) is 17.7 Å². The van der Waals surface area contributed by atoms with Gasteiger partial charge in [0, 0.05) is 0 Å². The largest absolute Gasteiger partial charge is 0.137 e. The quantitative estimate of drug-likeness (QED) is 0.643. The van der Waals surface area contributed by atoms with Crippen LogP contribution in [0, 0.1) is 0 Å². The van der Waals surface area contributed by atoms with E-state index in [1.165, 1.54) is 3.79 Å². The molecule has 2 heterocycles. The lowest BCUT2D eigenvalue weighted by molar-refractivity contribution is 1.97. The first-order chi connectivity index (χ1) is 5.79. The second-order valence-electron chi connectivity index (χ2n) is 1.83. The van der Waals surface area contributed by atoms with E-state index in [-0.39, 0.29) is 0 Å². The van der Waals surface area contributed by atoms with E-state index in [2.05, 4.69) is 15.9 Å². The molecule has 4 heteroatoms. The Hall–Kier alpha value is 0.170. The Bertz CT molecular complexity index is 256. The maximum absolute atomic E-state index is 5.47. The fourth-order valence-electron chi connectivity index (χ4n) is 0.517. The van der Waals surface area contributed by atoms with Crippen LogP contribution >= 0.6 is 50.2 Å². The fraction of sp³-hybridized carbons (Fsp3) is 0. The average Bonchev–Trinajstić information content (AvgIpc) is 2.63. The maximum atomic E-state index is 5.47. The molecule has 0 bridgehead atoms. The normalized spacial score (nSPS) is 8.83. The number of hydrogen-bond acceptors (Lipinski definition) is 2. The van der Waals surface area contributed by atoms with Gasteiger partial charge in [0.15, 0.2) is 0 Å². The zero-order valence-electron chi connectivity index (χ0n) is 6.04. The first kappa shape index (κ1) is 10.3. The highest BCUT2D eigenvalue weighted by atomic mass is 79.9. The van der Waals surface area contributed by atoms with Gasteiger partial charge < -0.3 is 0 Å². The Kier molecular flexibility index (Phi) is 4.92. The highest BCUT2D eigenvalue weighted by Crippen LogP contribution is 2.14. The number of rotatable bonds is 0. The van der Waals surface area contributed by atoms with Gasteiger partial charge in [0.2, 0.25) is 0 Å². The molecule has 0 aliphatic rings. The molecule has 64 valence electrons. The summed E-state index contributed by atoms with van der Waals surface area (Å²) < 4.78 is 2.05. The minimum Gasteiger partial charge on any atom is -0.137 e. The monoisotopic (exact) mass is 280 g/mol. The van der Waals surface area contributed by atoms with Gasteiger partial charge in [0.05, 0.1) is 8.12 Å². The van der Waals surface area contributed by atoms with Crippen LogP contribution in [-0.2, 0) is 0 Å². The Labute approximate surface area is 92.9 Å². The topological polar surface area (TPSA) is 0 Å². The summed E-state index contributed by atoms with van der Waals surface area (Å²) in [7, 11) is 0. The van der Waals surface area contributed by atoms with Crippen molar-refractivity contribution in [3.8, 4) is 0 Å². The van der Waals surface area contributed by atoms with Crippen molar-refractivity contribution >= 4 is 50.2 Å². The van der Waals surface area contributed by atoms with Crippen LogP contribution in [0.1, 0.15) is 0 Å². The van der Waals surface area contributed by atoms with Gasteiger partial charge in [-0.3, -0.25) is 0 Å². The summed E-state index contributed by atoms with van der Waals surface area (Å²) in [6, 6.07) is 7.82. The summed E-state index contributed by atoms with van der Waals surface area (Å²) >= 11 is 12.0. The summed E-state index contributed by atoms with van der Waals surface area (Å²) in [6.07, 6.45) is 0. The lowest BCUT2D eigenvalue weighted by Gasteiger charge is -1.62. The average molecular weight is 282 g/mol. The number of hydrogen-bond donors (Lipinski definition) is 0. The van der Waals surface area contributed by atoms with Gasteiger partial charge in [-0.15, -0.1) is 22.7 Å². The van der Waals surface area contributed by atoms with Crippen LogP contribution in [0.5, 0.6) is 0 Å². The zero-order chi connectivity index (χ0) is 8.81. The molecule has 0 nitrogen and oxygen atoms in total. The lowest BCUT2D eigenvalue weighted by Crippen LogP contribution is -1.29. The zero-order valence-corrected chi connectivity index (χ0v) is 10.0. The molecule has 0 saturated heterocycles. The molecule has 0 aromatic carbocycles. The van der Waals surface area contributed by atoms with E-state index in [9.17, 15) is 0 Å². The summed E-state index contributed by atoms with van der Waals surface area (Å²) in [4.78, 5) is 0. The van der Waals surface area contributed by atoms with E-state index in [0.717, 1.165) is 4.34 Å². The molecule has 0 aliphatic carbocycles. The van der Waals surface area contributed by atoms with Gasteiger partial charge in [0.1, 0.15) is 0 Å². The van der Waals surface area contributed by atoms with Gasteiger partial charge in [-0.25, -0.2) is 0 Å². The van der Waals surface area contributed by atoms with Gasteiger partial charge >= 0.3 is 0 Å². The minimum absolute atomic E-state index is 0.856. The van der Waals surface area contributed by atoms with E-state index in [0.29, 0.717) is 0 Å². The Balaban J connectivity index is 0.000000120. The van der Waals surface area contributed by atoms with Crippen molar-refractivity contribution < 1.29 is 0 Å². The Morgan fingerprint density at radius 2 is 1.75 bits per heavy atom. The molecule has 2 aromatic rings. The van der Waals surface area contributed by atoms with Crippen molar-refractivity contribution in [3.05, 3.63) is 43.1 Å². The second kappa shape index (κ2) is 5.75. The minimum atomic E-state index is 0.856. The van der Waals surface area contributed by atoms with Crippen molar-refractivity contribution in [2.75, 3.05) is 0 Å². The third kappa shape index (κ3) is 4.26. The molecular formula is C8H6BrClS2. The maximum Gasteiger partial charge on any atom is 0.0928 e. The Morgan fingerprint density at radius 3 is 1.92 bits per heavy atom. The molecule has 0 radical (unpaired) electrons. The van der Waals surface area contributed by atoms with Gasteiger partial charge in [0.25, 0.3) is 0 Å². The predicted octanol–water partition coefficient (Wildman–Crippen LogP) is 4.91. The first-order valence-electron chi connectivity index (χ1n) is 3.17. The summed E-state index contributed by atoms with van der Waals surface area (Å²) in [5.41, 5.74) is 0. The van der Waals surface area contributed by atoms with Gasteiger partial charge in [-0.05, 0) is 44.9 Å². The van der Waals surface area contributed by atoms with Crippen LogP contribution < -0.4 is 0 Å². The van der Waals surface area contributed by atoms with Gasteiger partial charge in [-0.2, -0.15) is 0 Å². The summed E-state index contributed by atoms with van der Waals surface area (Å²) in [6.45, 7) is 0. The molecule has 0 spiro atoms. The summed E-state index contributed by atoms with van der Waals surface area (Å²) in [5.74, 6) is 0. The van der Waals surface area contributed by atoms with Crippen LogP contribution in [0.2, 0.25) is 4.34 Å². The highest BCUT2D eigenvalue weighted by Gasteiger charge is 1.78. The molecule has 0 atom stereocenters.